The number of ether oxygens (including phenoxy) is 5. The molecule has 3 aromatic rings. The van der Waals surface area contributed by atoms with Crippen LogP contribution in [0.5, 0.6) is 6.01 Å². The molecule has 4 atom stereocenters. The van der Waals surface area contributed by atoms with Gasteiger partial charge in [0, 0.05) is 18.7 Å². The Bertz CT molecular complexity index is 1390. The summed E-state index contributed by atoms with van der Waals surface area (Å²) in [7, 11) is 0. The minimum atomic E-state index is -0.640. The van der Waals surface area contributed by atoms with E-state index in [0.29, 0.717) is 66.7 Å². The molecule has 0 unspecified atom stereocenters. The second-order valence-electron chi connectivity index (χ2n) is 11.1. The molecule has 0 radical (unpaired) electrons. The van der Waals surface area contributed by atoms with Crippen LogP contribution in [0.15, 0.2) is 30.3 Å². The zero-order valence-electron chi connectivity index (χ0n) is 22.5. The maximum absolute atomic E-state index is 12.4. The van der Waals surface area contributed by atoms with Crippen molar-refractivity contribution in [3.05, 3.63) is 40.9 Å². The van der Waals surface area contributed by atoms with Gasteiger partial charge < -0.3 is 33.7 Å². The summed E-state index contributed by atoms with van der Waals surface area (Å²) in [6, 6.07) is 10.5. The van der Waals surface area contributed by atoms with E-state index in [1.165, 1.54) is 5.56 Å². The molecule has 2 aromatic heterocycles. The predicted octanol–water partition coefficient (Wildman–Crippen LogP) is 3.68. The highest BCUT2D eigenvalue weighted by atomic mass is 35.5. The Morgan fingerprint density at radius 2 is 1.78 bits per heavy atom. The minimum Gasteiger partial charge on any atom is -0.456 e. The summed E-state index contributed by atoms with van der Waals surface area (Å²) in [5.74, 6) is 0.421. The highest BCUT2D eigenvalue weighted by molar-refractivity contribution is 6.33. The number of aliphatic hydroxyl groups excluding tert-OH is 1. The molecule has 5 heterocycles. The molecule has 1 amide bonds. The molecule has 12 heteroatoms. The lowest BCUT2D eigenvalue weighted by Gasteiger charge is -2.32. The van der Waals surface area contributed by atoms with Crippen molar-refractivity contribution in [1.82, 2.24) is 19.9 Å². The van der Waals surface area contributed by atoms with E-state index < -0.39 is 6.10 Å². The molecule has 1 saturated carbocycles. The number of morpholine rings is 1. The van der Waals surface area contributed by atoms with Gasteiger partial charge in [-0.3, -0.25) is 4.98 Å². The Morgan fingerprint density at radius 1 is 1.02 bits per heavy atom. The average Bonchev–Trinajstić information content (AvgIpc) is 3.70. The number of carbonyl (C=O) groups excluding carboxylic acids is 1. The zero-order valence-corrected chi connectivity index (χ0v) is 23.3. The highest BCUT2D eigenvalue weighted by Crippen LogP contribution is 2.36. The number of rotatable bonds is 5. The predicted molar refractivity (Wildman–Crippen MR) is 148 cm³/mol. The number of hydrogen-bond acceptors (Lipinski definition) is 9. The SMILES string of the molecule is O=C(O[C@H]1CC[C@@H](c2ccc(-c3nc4[nH]c(O[C@@H]5CO[C@H]6[C@@H]5OC[C@H]6O)nc4cc3Cl)cc2)CC1)N1CCOCC1. The van der Waals surface area contributed by atoms with Gasteiger partial charge in [-0.1, -0.05) is 35.9 Å². The molecule has 3 aliphatic heterocycles. The van der Waals surface area contributed by atoms with Crippen LogP contribution in [0.4, 0.5) is 4.79 Å². The number of carbonyl (C=O) groups is 1. The fourth-order valence-corrected chi connectivity index (χ4v) is 6.49. The molecule has 3 saturated heterocycles. The molecule has 4 fully saturated rings. The average molecular weight is 585 g/mol. The van der Waals surface area contributed by atoms with Crippen LogP contribution in [-0.4, -0.2) is 101 Å². The van der Waals surface area contributed by atoms with Gasteiger partial charge in [-0.2, -0.15) is 4.98 Å². The fraction of sp³-hybridized carbons (Fsp3) is 0.552. The normalized spacial score (nSPS) is 30.0. The molecule has 4 aliphatic rings. The third-order valence-electron chi connectivity index (χ3n) is 8.51. The molecule has 7 rings (SSSR count). The second-order valence-corrected chi connectivity index (χ2v) is 11.5. The number of nitrogens with one attached hydrogen (secondary N) is 1. The van der Waals surface area contributed by atoms with Crippen LogP contribution >= 0.6 is 11.6 Å². The molecule has 1 aliphatic carbocycles. The Hall–Kier alpha value is -2.96. The van der Waals surface area contributed by atoms with Gasteiger partial charge in [-0.15, -0.1) is 0 Å². The Labute approximate surface area is 242 Å². The Morgan fingerprint density at radius 3 is 2.56 bits per heavy atom. The smallest absolute Gasteiger partial charge is 0.410 e. The lowest BCUT2D eigenvalue weighted by molar-refractivity contribution is 0.00445. The van der Waals surface area contributed by atoms with E-state index in [2.05, 4.69) is 22.1 Å². The summed E-state index contributed by atoms with van der Waals surface area (Å²) in [4.78, 5) is 26.5. The summed E-state index contributed by atoms with van der Waals surface area (Å²) in [6.07, 6.45) is 1.70. The van der Waals surface area contributed by atoms with Gasteiger partial charge in [0.15, 0.2) is 11.8 Å². The number of aromatic amines is 1. The lowest BCUT2D eigenvalue weighted by atomic mass is 9.82. The summed E-state index contributed by atoms with van der Waals surface area (Å²) >= 11 is 6.63. The number of H-pyrrole nitrogens is 1. The number of aromatic nitrogens is 3. The van der Waals surface area contributed by atoms with Gasteiger partial charge in [-0.25, -0.2) is 9.78 Å². The van der Waals surface area contributed by atoms with Crippen LogP contribution in [0, 0.1) is 0 Å². The third kappa shape index (κ3) is 5.49. The van der Waals surface area contributed by atoms with E-state index >= 15 is 0 Å². The third-order valence-corrected chi connectivity index (χ3v) is 8.80. The maximum atomic E-state index is 12.4. The molecule has 41 heavy (non-hydrogen) atoms. The summed E-state index contributed by atoms with van der Waals surface area (Å²) < 4.78 is 28.4. The van der Waals surface area contributed by atoms with Crippen molar-refractivity contribution in [3.8, 4) is 17.3 Å². The van der Waals surface area contributed by atoms with Crippen LogP contribution in [-0.2, 0) is 18.9 Å². The first kappa shape index (κ1) is 26.9. The molecule has 2 N–H and O–H groups in total. The topological polar surface area (TPSA) is 128 Å². The number of pyridine rings is 1. The van der Waals surface area contributed by atoms with Crippen molar-refractivity contribution in [3.63, 3.8) is 0 Å². The Kier molecular flexibility index (Phi) is 7.46. The second kappa shape index (κ2) is 11.4. The molecule has 0 bridgehead atoms. The van der Waals surface area contributed by atoms with E-state index in [-0.39, 0.29) is 37.1 Å². The lowest BCUT2D eigenvalue weighted by Crippen LogP contribution is -2.42. The van der Waals surface area contributed by atoms with E-state index in [0.717, 1.165) is 31.2 Å². The number of imidazole rings is 1. The molecule has 218 valence electrons. The van der Waals surface area contributed by atoms with Crippen LogP contribution in [0.25, 0.3) is 22.4 Å². The first-order chi connectivity index (χ1) is 20.0. The van der Waals surface area contributed by atoms with E-state index in [1.54, 1.807) is 11.0 Å². The van der Waals surface area contributed by atoms with Gasteiger partial charge in [0.05, 0.1) is 37.1 Å². The summed E-state index contributed by atoms with van der Waals surface area (Å²) in [5.41, 5.74) is 3.99. The van der Waals surface area contributed by atoms with E-state index in [1.807, 2.05) is 12.1 Å². The monoisotopic (exact) mass is 584 g/mol. The standard InChI is InChI=1S/C29H33ClN4O7/c30-20-13-21-27(33-28(31-21)41-23-15-39-25-22(35)14-38-26(23)25)32-24(20)18-3-1-16(2-4-18)17-5-7-19(8-6-17)40-29(36)34-9-11-37-12-10-34/h1-4,13,17,19,22-23,25-26,35H,5-12,14-15H2,(H,31,32,33)/t17-,19+,22-,23-,25-,26-/m1/s1. The number of benzene rings is 1. The maximum Gasteiger partial charge on any atom is 0.410 e. The number of fused-ring (bicyclic) bond motifs is 2. The van der Waals surface area contributed by atoms with Crippen molar-refractivity contribution in [2.45, 2.75) is 62.1 Å². The van der Waals surface area contributed by atoms with Crippen molar-refractivity contribution in [1.29, 1.82) is 0 Å². The quantitative estimate of drug-likeness (QED) is 0.461. The van der Waals surface area contributed by atoms with Crippen LogP contribution in [0.2, 0.25) is 5.02 Å². The van der Waals surface area contributed by atoms with Crippen LogP contribution < -0.4 is 4.74 Å². The number of halogens is 1. The van der Waals surface area contributed by atoms with Gasteiger partial charge in [-0.05, 0) is 43.2 Å². The minimum absolute atomic E-state index is 0.0289. The summed E-state index contributed by atoms with van der Waals surface area (Å²) in [6.45, 7) is 2.89. The summed E-state index contributed by atoms with van der Waals surface area (Å²) in [5, 5.41) is 10.5. The van der Waals surface area contributed by atoms with E-state index in [4.69, 9.17) is 40.3 Å². The Balaban J connectivity index is 0.981. The highest BCUT2D eigenvalue weighted by Gasteiger charge is 2.48. The largest absolute Gasteiger partial charge is 0.456 e. The van der Waals surface area contributed by atoms with Crippen molar-refractivity contribution >= 4 is 28.9 Å². The first-order valence-electron chi connectivity index (χ1n) is 14.3. The number of aliphatic hydroxyl groups is 1. The fourth-order valence-electron chi connectivity index (χ4n) is 6.23. The van der Waals surface area contributed by atoms with E-state index in [9.17, 15) is 9.90 Å². The van der Waals surface area contributed by atoms with Gasteiger partial charge >= 0.3 is 6.09 Å². The van der Waals surface area contributed by atoms with Crippen molar-refractivity contribution < 1.29 is 33.6 Å². The van der Waals surface area contributed by atoms with Crippen LogP contribution in [0.3, 0.4) is 0 Å². The first-order valence-corrected chi connectivity index (χ1v) is 14.7. The zero-order chi connectivity index (χ0) is 27.9. The van der Waals surface area contributed by atoms with Gasteiger partial charge in [0.1, 0.15) is 29.9 Å². The number of nitrogens with zero attached hydrogens (tertiary/aromatic N) is 3. The van der Waals surface area contributed by atoms with Gasteiger partial charge in [0.25, 0.3) is 6.01 Å². The molecule has 0 spiro atoms. The van der Waals surface area contributed by atoms with Crippen molar-refractivity contribution in [2.24, 2.45) is 0 Å². The number of hydrogen-bond donors (Lipinski definition) is 2. The van der Waals surface area contributed by atoms with Crippen LogP contribution in [0.1, 0.15) is 37.2 Å². The van der Waals surface area contributed by atoms with Crippen molar-refractivity contribution in [2.75, 3.05) is 39.5 Å². The molecular formula is C29H33ClN4O7. The molecule has 1 aromatic carbocycles. The molecule has 11 nitrogen and oxygen atoms in total. The number of amides is 1. The molecular weight excluding hydrogens is 552 g/mol. The van der Waals surface area contributed by atoms with Gasteiger partial charge in [0.2, 0.25) is 0 Å².